The van der Waals surface area contributed by atoms with Crippen LogP contribution >= 0.6 is 0 Å². The zero-order chi connectivity index (χ0) is 22.0. The van der Waals surface area contributed by atoms with Crippen LogP contribution in [0.15, 0.2) is 27.6 Å². The molecule has 2 aliphatic heterocycles. The minimum atomic E-state index is -3.44. The summed E-state index contributed by atoms with van der Waals surface area (Å²) in [7, 11) is -3.44. The van der Waals surface area contributed by atoms with Crippen molar-refractivity contribution >= 4 is 21.7 Å². The van der Waals surface area contributed by atoms with E-state index in [0.29, 0.717) is 43.3 Å². The molecule has 4 heterocycles. The van der Waals surface area contributed by atoms with Crippen LogP contribution < -0.4 is 4.90 Å². The Kier molecular flexibility index (Phi) is 6.31. The second-order valence-corrected chi connectivity index (χ2v) is 10.5. The van der Waals surface area contributed by atoms with Crippen LogP contribution in [0.1, 0.15) is 67.0 Å². The molecular formula is C22H30N4O4S. The first-order valence-corrected chi connectivity index (χ1v) is 13.0. The molecule has 2 saturated heterocycles. The Labute approximate surface area is 183 Å². The summed E-state index contributed by atoms with van der Waals surface area (Å²) in [6.45, 7) is 4.95. The van der Waals surface area contributed by atoms with Gasteiger partial charge in [0, 0.05) is 44.8 Å². The van der Waals surface area contributed by atoms with Crippen molar-refractivity contribution in [3.05, 3.63) is 35.5 Å². The minimum Gasteiger partial charge on any atom is -0.456 e. The molecule has 31 heavy (non-hydrogen) atoms. The van der Waals surface area contributed by atoms with Crippen molar-refractivity contribution in [3.63, 3.8) is 0 Å². The maximum absolute atomic E-state index is 12.8. The second kappa shape index (κ2) is 8.98. The smallest absolute Gasteiger partial charge is 0.289 e. The van der Waals surface area contributed by atoms with Gasteiger partial charge in [-0.3, -0.25) is 4.79 Å². The van der Waals surface area contributed by atoms with Crippen LogP contribution in [0.25, 0.3) is 0 Å². The Hall–Kier alpha value is -2.42. The molecule has 0 aliphatic carbocycles. The molecule has 0 aromatic carbocycles. The zero-order valence-corrected chi connectivity index (χ0v) is 19.0. The van der Waals surface area contributed by atoms with Crippen molar-refractivity contribution in [1.82, 2.24) is 14.9 Å². The molecule has 2 aromatic heterocycles. The number of hydrogen-bond donors (Lipinski definition) is 0. The lowest BCUT2D eigenvalue weighted by Crippen LogP contribution is -2.38. The lowest BCUT2D eigenvalue weighted by molar-refractivity contribution is 0.0677. The quantitative estimate of drug-likeness (QED) is 0.673. The van der Waals surface area contributed by atoms with Crippen molar-refractivity contribution in [2.45, 2.75) is 56.3 Å². The molecule has 9 heteroatoms. The van der Waals surface area contributed by atoms with Crippen LogP contribution in [0.4, 0.5) is 5.95 Å². The fourth-order valence-corrected chi connectivity index (χ4v) is 5.24. The molecule has 0 saturated carbocycles. The van der Waals surface area contributed by atoms with Gasteiger partial charge in [-0.15, -0.1) is 0 Å². The van der Waals surface area contributed by atoms with Crippen molar-refractivity contribution in [2.24, 2.45) is 0 Å². The van der Waals surface area contributed by atoms with Gasteiger partial charge in [0.05, 0.1) is 11.9 Å². The number of anilines is 1. The highest BCUT2D eigenvalue weighted by Crippen LogP contribution is 2.33. The summed E-state index contributed by atoms with van der Waals surface area (Å²) in [5, 5.41) is 0. The molecule has 0 unspecified atom stereocenters. The van der Waals surface area contributed by atoms with E-state index >= 15 is 0 Å². The van der Waals surface area contributed by atoms with Crippen LogP contribution in [-0.2, 0) is 16.3 Å². The summed E-state index contributed by atoms with van der Waals surface area (Å²) < 4.78 is 30.4. The van der Waals surface area contributed by atoms with E-state index in [1.807, 2.05) is 6.07 Å². The summed E-state index contributed by atoms with van der Waals surface area (Å²) in [5.41, 5.74) is 0.592. The topological polar surface area (TPSA) is 96.6 Å². The van der Waals surface area contributed by atoms with Gasteiger partial charge in [-0.1, -0.05) is 6.92 Å². The molecule has 1 amide bonds. The molecule has 8 nitrogen and oxygen atoms in total. The number of piperidine rings is 1. The molecular weight excluding hydrogens is 416 g/mol. The van der Waals surface area contributed by atoms with E-state index < -0.39 is 9.84 Å². The molecule has 0 atom stereocenters. The third-order valence-corrected chi connectivity index (χ3v) is 7.21. The Bertz CT molecular complexity index is 1040. The summed E-state index contributed by atoms with van der Waals surface area (Å²) >= 11 is 0. The van der Waals surface area contributed by atoms with E-state index in [2.05, 4.69) is 16.8 Å². The normalized spacial score (nSPS) is 18.0. The highest BCUT2D eigenvalue weighted by Gasteiger charge is 2.31. The minimum absolute atomic E-state index is 0.0228. The molecule has 168 valence electrons. The van der Waals surface area contributed by atoms with Gasteiger partial charge in [0.2, 0.25) is 5.95 Å². The molecule has 0 spiro atoms. The average molecular weight is 447 g/mol. The van der Waals surface area contributed by atoms with E-state index in [0.717, 1.165) is 44.5 Å². The van der Waals surface area contributed by atoms with Crippen LogP contribution in [0.3, 0.4) is 0 Å². The molecule has 0 radical (unpaired) electrons. The number of aromatic nitrogens is 2. The fourth-order valence-electron chi connectivity index (χ4n) is 4.41. The molecule has 0 N–H and O–H groups in total. The summed E-state index contributed by atoms with van der Waals surface area (Å²) in [4.78, 5) is 26.0. The van der Waals surface area contributed by atoms with Gasteiger partial charge in [-0.25, -0.2) is 18.4 Å². The van der Waals surface area contributed by atoms with E-state index in [9.17, 15) is 13.2 Å². The molecule has 2 fully saturated rings. The average Bonchev–Trinajstić information content (AvgIpc) is 3.45. The fraction of sp³-hybridized carbons (Fsp3) is 0.591. The number of furan rings is 1. The standard InChI is InChI=1S/C22H30N4O4S/c1-3-6-17-7-8-18(30-17)21(27)25-13-9-16(10-14-25)20-19(31(2,28)29)15-23-22(24-20)26-11-4-5-12-26/h7-8,15-16H,3-6,9-14H2,1-2H3. The highest BCUT2D eigenvalue weighted by atomic mass is 32.2. The Morgan fingerprint density at radius 2 is 1.87 bits per heavy atom. The third-order valence-electron chi connectivity index (χ3n) is 6.10. The predicted molar refractivity (Wildman–Crippen MR) is 117 cm³/mol. The number of likely N-dealkylation sites (tertiary alicyclic amines) is 1. The van der Waals surface area contributed by atoms with Crippen molar-refractivity contribution in [3.8, 4) is 0 Å². The SMILES string of the molecule is CCCc1ccc(C(=O)N2CCC(c3nc(N4CCCC4)ncc3S(C)(=O)=O)CC2)o1. The number of rotatable bonds is 6. The van der Waals surface area contributed by atoms with E-state index in [4.69, 9.17) is 9.40 Å². The maximum Gasteiger partial charge on any atom is 0.289 e. The zero-order valence-electron chi connectivity index (χ0n) is 18.2. The monoisotopic (exact) mass is 446 g/mol. The van der Waals surface area contributed by atoms with Gasteiger partial charge >= 0.3 is 0 Å². The van der Waals surface area contributed by atoms with Gasteiger partial charge in [0.25, 0.3) is 5.91 Å². The van der Waals surface area contributed by atoms with Crippen LogP contribution in [-0.4, -0.2) is 61.6 Å². The third kappa shape index (κ3) is 4.76. The van der Waals surface area contributed by atoms with Crippen molar-refractivity contribution in [2.75, 3.05) is 37.3 Å². The molecule has 2 aromatic rings. The maximum atomic E-state index is 12.8. The van der Waals surface area contributed by atoms with Crippen LogP contribution in [0, 0.1) is 0 Å². The first-order valence-electron chi connectivity index (χ1n) is 11.1. The second-order valence-electron chi connectivity index (χ2n) is 8.47. The number of hydrogen-bond acceptors (Lipinski definition) is 7. The summed E-state index contributed by atoms with van der Waals surface area (Å²) in [6, 6.07) is 3.61. The van der Waals surface area contributed by atoms with Crippen molar-refractivity contribution < 1.29 is 17.6 Å². The number of carbonyl (C=O) groups is 1. The van der Waals surface area contributed by atoms with Gasteiger partial charge in [0.15, 0.2) is 15.6 Å². The van der Waals surface area contributed by atoms with Crippen molar-refractivity contribution in [1.29, 1.82) is 0 Å². The van der Waals surface area contributed by atoms with Crippen LogP contribution in [0.2, 0.25) is 0 Å². The van der Waals surface area contributed by atoms with E-state index in [1.165, 1.54) is 12.5 Å². The summed E-state index contributed by atoms with van der Waals surface area (Å²) in [5.74, 6) is 1.68. The number of aryl methyl sites for hydroxylation is 1. The van der Waals surface area contributed by atoms with Gasteiger partial charge < -0.3 is 14.2 Å². The number of carbonyl (C=O) groups excluding carboxylic acids is 1. The van der Waals surface area contributed by atoms with Gasteiger partial charge in [-0.05, 0) is 44.2 Å². The molecule has 2 aliphatic rings. The van der Waals surface area contributed by atoms with E-state index in [-0.39, 0.29) is 16.7 Å². The largest absolute Gasteiger partial charge is 0.456 e. The number of amides is 1. The van der Waals surface area contributed by atoms with Crippen LogP contribution in [0.5, 0.6) is 0 Å². The Morgan fingerprint density at radius 1 is 1.16 bits per heavy atom. The number of nitrogens with zero attached hydrogens (tertiary/aromatic N) is 4. The Balaban J connectivity index is 1.50. The highest BCUT2D eigenvalue weighted by molar-refractivity contribution is 7.90. The molecule has 4 rings (SSSR count). The van der Waals surface area contributed by atoms with Gasteiger partial charge in [-0.2, -0.15) is 0 Å². The lowest BCUT2D eigenvalue weighted by atomic mass is 9.93. The number of sulfone groups is 1. The summed E-state index contributed by atoms with van der Waals surface area (Å²) in [6.07, 6.45) is 7.96. The predicted octanol–water partition coefficient (Wildman–Crippen LogP) is 3.05. The first-order chi connectivity index (χ1) is 14.9. The van der Waals surface area contributed by atoms with Gasteiger partial charge in [0.1, 0.15) is 10.7 Å². The lowest BCUT2D eigenvalue weighted by Gasteiger charge is -2.32. The Morgan fingerprint density at radius 3 is 2.52 bits per heavy atom. The molecule has 0 bridgehead atoms. The van der Waals surface area contributed by atoms with E-state index in [1.54, 1.807) is 11.0 Å². The first kappa shape index (κ1) is 21.8.